The Balaban J connectivity index is 2.32. The second-order valence-electron chi connectivity index (χ2n) is 4.41. The second-order valence-corrected chi connectivity index (χ2v) is 5.70. The number of nitrogens with zero attached hydrogens (tertiary/aromatic N) is 2. The molecule has 1 unspecified atom stereocenters. The predicted molar refractivity (Wildman–Crippen MR) is 81.0 cm³/mol. The maximum absolute atomic E-state index is 12.5. The van der Waals surface area contributed by atoms with Gasteiger partial charge in [0.1, 0.15) is 5.82 Å². The number of benzene rings is 1. The number of aryl methyl sites for hydroxylation is 1. The molecule has 0 aliphatic heterocycles. The first-order valence-electron chi connectivity index (χ1n) is 6.06. The molecular weight excluding hydrogens is 368 g/mol. The number of anilines is 1. The molecule has 0 aliphatic rings. The Kier molecular flexibility index (Phi) is 5.05. The fourth-order valence-corrected chi connectivity index (χ4v) is 2.87. The first kappa shape index (κ1) is 16.0. The zero-order valence-corrected chi connectivity index (χ0v) is 13.6. The minimum atomic E-state index is -2.92. The molecule has 4 nitrogen and oxygen atoms in total. The third kappa shape index (κ3) is 3.85. The summed E-state index contributed by atoms with van der Waals surface area (Å²) in [5.74, 6) is 0.768. The van der Waals surface area contributed by atoms with Gasteiger partial charge in [0.2, 0.25) is 0 Å². The van der Waals surface area contributed by atoms with Gasteiger partial charge in [-0.05, 0) is 35.0 Å². The van der Waals surface area contributed by atoms with Crippen LogP contribution >= 0.6 is 27.5 Å². The van der Waals surface area contributed by atoms with Crippen molar-refractivity contribution in [3.8, 4) is 5.75 Å². The van der Waals surface area contributed by atoms with Crippen molar-refractivity contribution in [1.29, 1.82) is 0 Å². The standard InChI is InChI=1S/C13H13BrClF2N3O/c1-7(12-18-3-4-20(12)2)19-10-6-8(15)5-9(14)11(10)21-13(16)17/h3-7,13,19H,1-2H3. The summed E-state index contributed by atoms with van der Waals surface area (Å²) in [4.78, 5) is 4.21. The molecule has 0 aliphatic carbocycles. The molecule has 2 rings (SSSR count). The van der Waals surface area contributed by atoms with Crippen molar-refractivity contribution >= 4 is 33.2 Å². The Bertz CT molecular complexity index is 636. The first-order chi connectivity index (χ1) is 9.88. The Morgan fingerprint density at radius 3 is 2.71 bits per heavy atom. The third-order valence-electron chi connectivity index (χ3n) is 2.83. The lowest BCUT2D eigenvalue weighted by atomic mass is 10.2. The van der Waals surface area contributed by atoms with E-state index in [1.165, 1.54) is 12.1 Å². The van der Waals surface area contributed by atoms with Crippen LogP contribution in [0.1, 0.15) is 18.8 Å². The number of halogens is 4. The first-order valence-corrected chi connectivity index (χ1v) is 7.23. The van der Waals surface area contributed by atoms with E-state index in [0.29, 0.717) is 15.2 Å². The van der Waals surface area contributed by atoms with Crippen molar-refractivity contribution in [2.45, 2.75) is 19.6 Å². The van der Waals surface area contributed by atoms with Gasteiger partial charge in [0.15, 0.2) is 5.75 Å². The van der Waals surface area contributed by atoms with Crippen molar-refractivity contribution in [2.24, 2.45) is 7.05 Å². The summed E-state index contributed by atoms with van der Waals surface area (Å²) in [5.41, 5.74) is 0.366. The molecule has 0 radical (unpaired) electrons. The summed E-state index contributed by atoms with van der Waals surface area (Å²) in [7, 11) is 1.85. The van der Waals surface area contributed by atoms with Crippen LogP contribution in [0.5, 0.6) is 5.75 Å². The summed E-state index contributed by atoms with van der Waals surface area (Å²) in [6, 6.07) is 2.81. The number of nitrogens with one attached hydrogen (secondary N) is 1. The Labute approximate surface area is 134 Å². The van der Waals surface area contributed by atoms with E-state index in [9.17, 15) is 8.78 Å². The van der Waals surface area contributed by atoms with E-state index in [1.54, 1.807) is 12.4 Å². The molecule has 1 aromatic heterocycles. The largest absolute Gasteiger partial charge is 0.431 e. The zero-order chi connectivity index (χ0) is 15.6. The van der Waals surface area contributed by atoms with Gasteiger partial charge in [-0.3, -0.25) is 0 Å². The number of ether oxygens (including phenoxy) is 1. The van der Waals surface area contributed by atoms with Gasteiger partial charge in [0.05, 0.1) is 16.2 Å². The number of hydrogen-bond acceptors (Lipinski definition) is 3. The van der Waals surface area contributed by atoms with Gasteiger partial charge in [-0.1, -0.05) is 11.6 Å². The molecule has 0 saturated heterocycles. The molecule has 21 heavy (non-hydrogen) atoms. The highest BCUT2D eigenvalue weighted by molar-refractivity contribution is 9.10. The highest BCUT2D eigenvalue weighted by Gasteiger charge is 2.18. The van der Waals surface area contributed by atoms with Gasteiger partial charge < -0.3 is 14.6 Å². The molecule has 0 spiro atoms. The number of hydrogen-bond donors (Lipinski definition) is 1. The highest BCUT2D eigenvalue weighted by atomic mass is 79.9. The molecule has 1 heterocycles. The lowest BCUT2D eigenvalue weighted by Crippen LogP contribution is -2.14. The van der Waals surface area contributed by atoms with Crippen molar-refractivity contribution in [2.75, 3.05) is 5.32 Å². The van der Waals surface area contributed by atoms with Crippen molar-refractivity contribution < 1.29 is 13.5 Å². The van der Waals surface area contributed by atoms with Crippen LogP contribution in [-0.2, 0) is 7.05 Å². The van der Waals surface area contributed by atoms with E-state index < -0.39 is 6.61 Å². The SMILES string of the molecule is CC(Nc1cc(Cl)cc(Br)c1OC(F)F)c1nccn1C. The van der Waals surface area contributed by atoms with Crippen LogP contribution in [0, 0.1) is 0 Å². The van der Waals surface area contributed by atoms with Gasteiger partial charge in [-0.25, -0.2) is 4.98 Å². The van der Waals surface area contributed by atoms with Gasteiger partial charge in [0.25, 0.3) is 0 Å². The van der Waals surface area contributed by atoms with E-state index in [2.05, 4.69) is 31.0 Å². The molecule has 0 fully saturated rings. The van der Waals surface area contributed by atoms with Crippen LogP contribution in [0.4, 0.5) is 14.5 Å². The number of rotatable bonds is 5. The predicted octanol–water partition coefficient (Wildman–Crippen LogP) is 4.61. The molecular formula is C13H13BrClF2N3O. The zero-order valence-electron chi connectivity index (χ0n) is 11.3. The highest BCUT2D eigenvalue weighted by Crippen LogP contribution is 2.38. The van der Waals surface area contributed by atoms with Crippen molar-refractivity contribution in [3.05, 3.63) is 39.8 Å². The molecule has 1 N–H and O–H groups in total. The summed E-state index contributed by atoms with van der Waals surface area (Å²) >= 11 is 9.14. The Morgan fingerprint density at radius 2 is 2.14 bits per heavy atom. The van der Waals surface area contributed by atoms with E-state index >= 15 is 0 Å². The number of aromatic nitrogens is 2. The molecule has 0 saturated carbocycles. The number of imidazole rings is 1. The van der Waals surface area contributed by atoms with Crippen LogP contribution in [0.15, 0.2) is 29.0 Å². The van der Waals surface area contributed by atoms with Gasteiger partial charge in [-0.2, -0.15) is 8.78 Å². The van der Waals surface area contributed by atoms with E-state index in [0.717, 1.165) is 5.82 Å². The van der Waals surface area contributed by atoms with Crippen LogP contribution < -0.4 is 10.1 Å². The second kappa shape index (κ2) is 6.62. The molecule has 1 aromatic carbocycles. The summed E-state index contributed by atoms with van der Waals surface area (Å²) in [6.07, 6.45) is 3.47. The molecule has 0 amide bonds. The Hall–Kier alpha value is -1.34. The lowest BCUT2D eigenvalue weighted by molar-refractivity contribution is -0.0498. The normalized spacial score (nSPS) is 12.5. The molecule has 114 valence electrons. The van der Waals surface area contributed by atoms with Gasteiger partial charge in [-0.15, -0.1) is 0 Å². The Morgan fingerprint density at radius 1 is 1.43 bits per heavy atom. The van der Waals surface area contributed by atoms with Crippen LogP contribution in [0.2, 0.25) is 5.02 Å². The maximum atomic E-state index is 12.5. The van der Waals surface area contributed by atoms with Crippen LogP contribution in [-0.4, -0.2) is 16.2 Å². The third-order valence-corrected chi connectivity index (χ3v) is 3.64. The molecule has 2 aromatic rings. The average Bonchev–Trinajstić information content (AvgIpc) is 2.79. The summed E-state index contributed by atoms with van der Waals surface area (Å²) in [5, 5.41) is 3.49. The fourth-order valence-electron chi connectivity index (χ4n) is 1.97. The molecule has 8 heteroatoms. The quantitative estimate of drug-likeness (QED) is 0.823. The number of alkyl halides is 2. The van der Waals surface area contributed by atoms with E-state index in [1.807, 2.05) is 18.5 Å². The van der Waals surface area contributed by atoms with Crippen molar-refractivity contribution in [1.82, 2.24) is 9.55 Å². The summed E-state index contributed by atoms with van der Waals surface area (Å²) in [6.45, 7) is -1.06. The minimum absolute atomic E-state index is 0.00968. The molecule has 1 atom stereocenters. The summed E-state index contributed by atoms with van der Waals surface area (Å²) < 4.78 is 31.8. The lowest BCUT2D eigenvalue weighted by Gasteiger charge is -2.19. The fraction of sp³-hybridized carbons (Fsp3) is 0.308. The van der Waals surface area contributed by atoms with Gasteiger partial charge >= 0.3 is 6.61 Å². The van der Waals surface area contributed by atoms with Gasteiger partial charge in [0, 0.05) is 24.5 Å². The van der Waals surface area contributed by atoms with Crippen LogP contribution in [0.25, 0.3) is 0 Å². The minimum Gasteiger partial charge on any atom is -0.431 e. The molecule has 0 bridgehead atoms. The monoisotopic (exact) mass is 379 g/mol. The maximum Gasteiger partial charge on any atom is 0.387 e. The van der Waals surface area contributed by atoms with E-state index in [-0.39, 0.29) is 11.8 Å². The smallest absolute Gasteiger partial charge is 0.387 e. The van der Waals surface area contributed by atoms with Crippen LogP contribution in [0.3, 0.4) is 0 Å². The van der Waals surface area contributed by atoms with Crippen molar-refractivity contribution in [3.63, 3.8) is 0 Å². The van der Waals surface area contributed by atoms with E-state index in [4.69, 9.17) is 11.6 Å². The average molecular weight is 381 g/mol. The topological polar surface area (TPSA) is 39.1 Å².